The van der Waals surface area contributed by atoms with E-state index in [1.807, 2.05) is 0 Å². The van der Waals surface area contributed by atoms with E-state index in [0.29, 0.717) is 16.7 Å². The highest BCUT2D eigenvalue weighted by atomic mass is 19.4. The van der Waals surface area contributed by atoms with E-state index in [1.165, 1.54) is 48.5 Å². The van der Waals surface area contributed by atoms with Crippen LogP contribution in [0.1, 0.15) is 27.0 Å². The second-order valence-corrected chi connectivity index (χ2v) is 7.77. The molecule has 3 aromatic rings. The van der Waals surface area contributed by atoms with E-state index in [2.05, 4.69) is 10.6 Å². The molecule has 0 radical (unpaired) electrons. The summed E-state index contributed by atoms with van der Waals surface area (Å²) in [4.78, 5) is 24.8. The smallest absolute Gasteiger partial charge is 0.394 e. The number of benzene rings is 3. The van der Waals surface area contributed by atoms with Gasteiger partial charge < -0.3 is 15.7 Å². The summed E-state index contributed by atoms with van der Waals surface area (Å²) in [6.07, 6.45) is -8.93. The van der Waals surface area contributed by atoms with Crippen molar-refractivity contribution in [3.8, 4) is 11.1 Å². The van der Waals surface area contributed by atoms with E-state index in [-0.39, 0.29) is 12.1 Å². The highest BCUT2D eigenvalue weighted by Gasteiger charge is 2.30. The number of aliphatic hydroxyl groups excluding tert-OH is 1. The third kappa shape index (κ3) is 6.85. The minimum Gasteiger partial charge on any atom is -0.394 e. The van der Waals surface area contributed by atoms with E-state index < -0.39 is 47.9 Å². The molecule has 5 nitrogen and oxygen atoms in total. The van der Waals surface area contributed by atoms with Crippen molar-refractivity contribution in [3.63, 3.8) is 0 Å². The van der Waals surface area contributed by atoms with Crippen molar-refractivity contribution in [3.05, 3.63) is 95.1 Å². The number of amides is 2. The second kappa shape index (κ2) is 10.8. The Morgan fingerprint density at radius 2 is 1.17 bits per heavy atom. The number of aliphatic hydroxyl groups is 1. The zero-order valence-electron chi connectivity index (χ0n) is 18.5. The predicted octanol–water partition coefficient (Wildman–Crippen LogP) is 4.80. The summed E-state index contributed by atoms with van der Waals surface area (Å²) in [5.41, 5.74) is -0.0201. The third-order valence-electron chi connectivity index (χ3n) is 5.25. The van der Waals surface area contributed by atoms with Gasteiger partial charge in [-0.3, -0.25) is 9.59 Å². The van der Waals surface area contributed by atoms with Gasteiger partial charge in [0.05, 0.1) is 17.7 Å². The molecule has 11 heteroatoms. The van der Waals surface area contributed by atoms with Gasteiger partial charge in [-0.2, -0.15) is 26.3 Å². The molecule has 3 aromatic carbocycles. The number of halogens is 6. The minimum absolute atomic E-state index is 0.120. The number of alkyl halides is 6. The van der Waals surface area contributed by atoms with E-state index in [0.717, 1.165) is 24.3 Å². The molecule has 36 heavy (non-hydrogen) atoms. The van der Waals surface area contributed by atoms with Crippen molar-refractivity contribution < 1.29 is 41.0 Å². The number of nitrogens with one attached hydrogen (secondary N) is 2. The molecule has 0 aliphatic heterocycles. The zero-order valence-corrected chi connectivity index (χ0v) is 18.5. The molecule has 0 aromatic heterocycles. The van der Waals surface area contributed by atoms with E-state index in [1.54, 1.807) is 0 Å². The van der Waals surface area contributed by atoms with Crippen LogP contribution < -0.4 is 10.6 Å². The van der Waals surface area contributed by atoms with Gasteiger partial charge in [-0.25, -0.2) is 0 Å². The zero-order chi connectivity index (χ0) is 26.5. The fraction of sp³-hybridized carbons (Fsp3) is 0.200. The van der Waals surface area contributed by atoms with Crippen molar-refractivity contribution in [2.75, 3.05) is 6.61 Å². The van der Waals surface area contributed by atoms with Crippen molar-refractivity contribution in [1.82, 2.24) is 10.6 Å². The largest absolute Gasteiger partial charge is 0.416 e. The molecule has 0 fully saturated rings. The first-order valence-corrected chi connectivity index (χ1v) is 10.5. The molecule has 0 aliphatic rings. The topological polar surface area (TPSA) is 78.4 Å². The number of carbonyl (C=O) groups is 2. The van der Waals surface area contributed by atoms with E-state index >= 15 is 0 Å². The molecule has 3 rings (SSSR count). The molecular formula is C25H20F6N2O3. The van der Waals surface area contributed by atoms with Crippen LogP contribution in [-0.2, 0) is 23.7 Å². The summed E-state index contributed by atoms with van der Waals surface area (Å²) in [6, 6.07) is 13.2. The molecule has 0 saturated carbocycles. The molecule has 190 valence electrons. The molecule has 1 unspecified atom stereocenters. The lowest BCUT2D eigenvalue weighted by Gasteiger charge is -2.17. The predicted molar refractivity (Wildman–Crippen MR) is 119 cm³/mol. The Morgan fingerprint density at radius 1 is 0.722 bits per heavy atom. The lowest BCUT2D eigenvalue weighted by Crippen LogP contribution is -2.48. The summed E-state index contributed by atoms with van der Waals surface area (Å²) in [5, 5.41) is 14.3. The average Bonchev–Trinajstić information content (AvgIpc) is 2.85. The van der Waals surface area contributed by atoms with Gasteiger partial charge in [0.15, 0.2) is 0 Å². The highest BCUT2D eigenvalue weighted by molar-refractivity contribution is 5.98. The maximum Gasteiger partial charge on any atom is 0.416 e. The van der Waals surface area contributed by atoms with E-state index in [4.69, 9.17) is 0 Å². The summed E-state index contributed by atoms with van der Waals surface area (Å²) in [6.45, 7) is -0.848. The first kappa shape index (κ1) is 26.7. The van der Waals surface area contributed by atoms with Crippen LogP contribution in [0.15, 0.2) is 72.8 Å². The third-order valence-corrected chi connectivity index (χ3v) is 5.25. The van der Waals surface area contributed by atoms with Crippen LogP contribution in [0.3, 0.4) is 0 Å². The molecule has 0 bridgehead atoms. The van der Waals surface area contributed by atoms with Crippen LogP contribution in [0.5, 0.6) is 0 Å². The van der Waals surface area contributed by atoms with Gasteiger partial charge in [0.2, 0.25) is 5.91 Å². The van der Waals surface area contributed by atoms with Gasteiger partial charge in [0.25, 0.3) is 5.91 Å². The van der Waals surface area contributed by atoms with Crippen LogP contribution >= 0.6 is 0 Å². The molecule has 3 N–H and O–H groups in total. The Kier molecular flexibility index (Phi) is 8.03. The van der Waals surface area contributed by atoms with Gasteiger partial charge in [-0.15, -0.1) is 0 Å². The monoisotopic (exact) mass is 510 g/mol. The van der Waals surface area contributed by atoms with Gasteiger partial charge in [0, 0.05) is 12.1 Å². The molecule has 1 atom stereocenters. The van der Waals surface area contributed by atoms with Crippen LogP contribution in [0, 0.1) is 0 Å². The minimum atomic E-state index is -4.48. The Bertz CT molecular complexity index is 1190. The van der Waals surface area contributed by atoms with Crippen LogP contribution in [0.2, 0.25) is 0 Å². The normalized spacial score (nSPS) is 12.6. The Hall–Kier alpha value is -3.86. The standard InChI is InChI=1S/C25H20F6N2O3/c26-24(27,28)19-9-1-15(2-10-19)13-32-23(36)21(14-34)33-22(35)18-5-3-16(4-6-18)17-7-11-20(12-8-17)25(29,30)31/h1-12,21,34H,13-14H2,(H,32,36)(H,33,35). The Balaban J connectivity index is 1.58. The van der Waals surface area contributed by atoms with Crippen molar-refractivity contribution in [1.29, 1.82) is 0 Å². The number of rotatable bonds is 7. The molecule has 0 heterocycles. The summed E-state index contributed by atoms with van der Waals surface area (Å²) >= 11 is 0. The van der Waals surface area contributed by atoms with Gasteiger partial charge in [-0.1, -0.05) is 36.4 Å². The van der Waals surface area contributed by atoms with Crippen molar-refractivity contribution in [2.24, 2.45) is 0 Å². The number of carbonyl (C=O) groups excluding carboxylic acids is 2. The summed E-state index contributed by atoms with van der Waals surface area (Å²) < 4.78 is 76.0. The quantitative estimate of drug-likeness (QED) is 0.400. The van der Waals surface area contributed by atoms with Crippen LogP contribution in [0.4, 0.5) is 26.3 Å². The highest BCUT2D eigenvalue weighted by Crippen LogP contribution is 2.31. The maximum atomic E-state index is 12.7. The van der Waals surface area contributed by atoms with E-state index in [9.17, 15) is 41.0 Å². The van der Waals surface area contributed by atoms with Crippen LogP contribution in [0.25, 0.3) is 11.1 Å². The Morgan fingerprint density at radius 3 is 1.61 bits per heavy atom. The molecule has 0 spiro atoms. The number of hydrogen-bond donors (Lipinski definition) is 3. The van der Waals surface area contributed by atoms with Gasteiger partial charge in [-0.05, 0) is 53.1 Å². The lowest BCUT2D eigenvalue weighted by molar-refractivity contribution is -0.138. The first-order chi connectivity index (χ1) is 16.9. The first-order valence-electron chi connectivity index (χ1n) is 10.5. The fourth-order valence-corrected chi connectivity index (χ4v) is 3.23. The van der Waals surface area contributed by atoms with Crippen molar-refractivity contribution >= 4 is 11.8 Å². The molecule has 2 amide bonds. The van der Waals surface area contributed by atoms with Crippen LogP contribution in [-0.4, -0.2) is 29.6 Å². The number of hydrogen-bond acceptors (Lipinski definition) is 3. The summed E-state index contributed by atoms with van der Waals surface area (Å²) in [7, 11) is 0. The molecule has 0 aliphatic carbocycles. The molecule has 0 saturated heterocycles. The maximum absolute atomic E-state index is 12.7. The second-order valence-electron chi connectivity index (χ2n) is 7.77. The van der Waals surface area contributed by atoms with Crippen molar-refractivity contribution in [2.45, 2.75) is 24.9 Å². The molecular weight excluding hydrogens is 490 g/mol. The average molecular weight is 510 g/mol. The van der Waals surface area contributed by atoms with Gasteiger partial charge in [0.1, 0.15) is 6.04 Å². The van der Waals surface area contributed by atoms with Gasteiger partial charge >= 0.3 is 12.4 Å². The SMILES string of the molecule is O=C(NC(CO)C(=O)NCc1ccc(C(F)(F)F)cc1)c1ccc(-c2ccc(C(F)(F)F)cc2)cc1. The summed E-state index contributed by atoms with van der Waals surface area (Å²) in [5.74, 6) is -1.43. The fourth-order valence-electron chi connectivity index (χ4n) is 3.23. The lowest BCUT2D eigenvalue weighted by atomic mass is 10.0. The Labute approximate surface area is 201 Å².